The molecule has 1 atom stereocenters. The SMILES string of the molecule is Cc1scnc1[C@@]1(CNC(=O)c2cc(F)ccc2-c2ccc(C(F)(F)F)cc2)NC(=O)NC1=O. The van der Waals surface area contributed by atoms with Gasteiger partial charge in [0.25, 0.3) is 11.8 Å². The number of aryl methyl sites for hydroxylation is 1. The van der Waals surface area contributed by atoms with Crippen molar-refractivity contribution in [1.82, 2.24) is 20.9 Å². The van der Waals surface area contributed by atoms with Crippen molar-refractivity contribution in [3.05, 3.63) is 75.5 Å². The largest absolute Gasteiger partial charge is 0.416 e. The Hall–Kier alpha value is -3.80. The zero-order valence-corrected chi connectivity index (χ0v) is 18.2. The summed E-state index contributed by atoms with van der Waals surface area (Å²) in [5, 5.41) is 7.14. The molecular weight excluding hydrogens is 476 g/mol. The summed E-state index contributed by atoms with van der Waals surface area (Å²) in [4.78, 5) is 42.3. The molecule has 2 aromatic carbocycles. The summed E-state index contributed by atoms with van der Waals surface area (Å²) >= 11 is 1.24. The van der Waals surface area contributed by atoms with Gasteiger partial charge in [0.1, 0.15) is 5.82 Å². The average Bonchev–Trinajstić information content (AvgIpc) is 3.34. The van der Waals surface area contributed by atoms with Crippen LogP contribution in [-0.4, -0.2) is 29.4 Å². The number of imide groups is 1. The molecule has 0 aliphatic carbocycles. The van der Waals surface area contributed by atoms with Crippen LogP contribution < -0.4 is 16.0 Å². The Morgan fingerprint density at radius 3 is 2.41 bits per heavy atom. The first-order valence-electron chi connectivity index (χ1n) is 9.81. The van der Waals surface area contributed by atoms with Gasteiger partial charge in [-0.05, 0) is 42.3 Å². The van der Waals surface area contributed by atoms with Crippen LogP contribution in [0.2, 0.25) is 0 Å². The van der Waals surface area contributed by atoms with Gasteiger partial charge < -0.3 is 10.6 Å². The van der Waals surface area contributed by atoms with Crippen molar-refractivity contribution in [2.24, 2.45) is 0 Å². The van der Waals surface area contributed by atoms with E-state index in [4.69, 9.17) is 0 Å². The van der Waals surface area contributed by atoms with Gasteiger partial charge in [-0.1, -0.05) is 18.2 Å². The van der Waals surface area contributed by atoms with Crippen molar-refractivity contribution in [2.45, 2.75) is 18.6 Å². The summed E-state index contributed by atoms with van der Waals surface area (Å²) in [6, 6.07) is 6.61. The third-order valence-electron chi connectivity index (χ3n) is 5.35. The second-order valence-corrected chi connectivity index (χ2v) is 8.58. The van der Waals surface area contributed by atoms with Crippen molar-refractivity contribution in [1.29, 1.82) is 0 Å². The highest BCUT2D eigenvalue weighted by Crippen LogP contribution is 2.32. The number of benzene rings is 2. The van der Waals surface area contributed by atoms with E-state index in [1.165, 1.54) is 35.0 Å². The Kier molecular flexibility index (Phi) is 5.86. The third-order valence-corrected chi connectivity index (χ3v) is 6.11. The van der Waals surface area contributed by atoms with Gasteiger partial charge in [-0.15, -0.1) is 11.3 Å². The molecule has 0 spiro atoms. The molecule has 4 rings (SSSR count). The van der Waals surface area contributed by atoms with E-state index in [1.807, 2.05) is 0 Å². The van der Waals surface area contributed by atoms with Crippen molar-refractivity contribution < 1.29 is 31.9 Å². The topological polar surface area (TPSA) is 100 Å². The maximum atomic E-state index is 14.0. The van der Waals surface area contributed by atoms with E-state index < -0.39 is 47.5 Å². The van der Waals surface area contributed by atoms with Gasteiger partial charge >= 0.3 is 12.2 Å². The first-order valence-corrected chi connectivity index (χ1v) is 10.7. The Morgan fingerprint density at radius 1 is 1.15 bits per heavy atom. The van der Waals surface area contributed by atoms with Crippen LogP contribution in [0.15, 0.2) is 48.0 Å². The van der Waals surface area contributed by atoms with Crippen LogP contribution in [0.1, 0.15) is 26.5 Å². The predicted octanol–water partition coefficient (Wildman–Crippen LogP) is 3.74. The fourth-order valence-corrected chi connectivity index (χ4v) is 4.34. The number of carbonyl (C=O) groups is 3. The minimum Gasteiger partial charge on any atom is -0.349 e. The van der Waals surface area contributed by atoms with Gasteiger partial charge in [0.05, 0.1) is 28.9 Å². The van der Waals surface area contributed by atoms with E-state index in [0.29, 0.717) is 4.88 Å². The summed E-state index contributed by atoms with van der Waals surface area (Å²) in [7, 11) is 0. The normalized spacial score (nSPS) is 17.9. The quantitative estimate of drug-likeness (QED) is 0.373. The number of urea groups is 1. The molecule has 12 heteroatoms. The first kappa shape index (κ1) is 23.4. The number of nitrogens with zero attached hydrogens (tertiary/aromatic N) is 1. The second kappa shape index (κ2) is 8.52. The van der Waals surface area contributed by atoms with Crippen LogP contribution in [0.3, 0.4) is 0 Å². The van der Waals surface area contributed by atoms with Crippen LogP contribution in [0.25, 0.3) is 11.1 Å². The van der Waals surface area contributed by atoms with Crippen molar-refractivity contribution >= 4 is 29.2 Å². The van der Waals surface area contributed by atoms with Crippen LogP contribution in [-0.2, 0) is 16.5 Å². The lowest BCUT2D eigenvalue weighted by atomic mass is 9.93. The molecule has 1 saturated heterocycles. The molecule has 3 N–H and O–H groups in total. The van der Waals surface area contributed by atoms with E-state index in [-0.39, 0.29) is 22.4 Å². The number of hydrogen-bond donors (Lipinski definition) is 3. The lowest BCUT2D eigenvalue weighted by Gasteiger charge is -2.25. The Bertz CT molecular complexity index is 1290. The molecule has 34 heavy (non-hydrogen) atoms. The summed E-state index contributed by atoms with van der Waals surface area (Å²) < 4.78 is 52.7. The van der Waals surface area contributed by atoms with Crippen molar-refractivity contribution in [2.75, 3.05) is 6.54 Å². The molecule has 0 radical (unpaired) electrons. The number of hydrogen-bond acceptors (Lipinski definition) is 5. The molecule has 1 aliphatic heterocycles. The average molecular weight is 492 g/mol. The smallest absolute Gasteiger partial charge is 0.349 e. The molecule has 0 saturated carbocycles. The maximum absolute atomic E-state index is 14.0. The van der Waals surface area contributed by atoms with Gasteiger partial charge in [-0.3, -0.25) is 14.9 Å². The molecule has 0 bridgehead atoms. The molecule has 0 unspecified atom stereocenters. The van der Waals surface area contributed by atoms with Gasteiger partial charge in [0.2, 0.25) is 0 Å². The summed E-state index contributed by atoms with van der Waals surface area (Å²) in [5.74, 6) is -2.25. The standard InChI is InChI=1S/C22H16F4N4O3S/c1-11-17(28-10-34-11)21(19(32)29-20(33)30-21)9-27-18(31)16-8-14(23)6-7-15(16)12-2-4-13(5-3-12)22(24,25)26/h2-8,10H,9H2,1H3,(H,27,31)(H2,29,30,32,33)/t21-/m1/s1. The highest BCUT2D eigenvalue weighted by molar-refractivity contribution is 7.09. The van der Waals surface area contributed by atoms with Crippen LogP contribution >= 0.6 is 11.3 Å². The predicted molar refractivity (Wildman–Crippen MR) is 114 cm³/mol. The molecule has 3 aromatic rings. The monoisotopic (exact) mass is 492 g/mol. The van der Waals surface area contributed by atoms with Crippen molar-refractivity contribution in [3.63, 3.8) is 0 Å². The fourth-order valence-electron chi connectivity index (χ4n) is 3.69. The van der Waals surface area contributed by atoms with Gasteiger partial charge in [-0.25, -0.2) is 14.2 Å². The minimum absolute atomic E-state index is 0.158. The van der Waals surface area contributed by atoms with Crippen LogP contribution in [0, 0.1) is 12.7 Å². The van der Waals surface area contributed by atoms with E-state index in [2.05, 4.69) is 20.9 Å². The maximum Gasteiger partial charge on any atom is 0.416 e. The summed E-state index contributed by atoms with van der Waals surface area (Å²) in [6.07, 6.45) is -4.53. The minimum atomic E-state index is -4.53. The lowest BCUT2D eigenvalue weighted by molar-refractivity contribution is -0.137. The van der Waals surface area contributed by atoms with Gasteiger partial charge in [0, 0.05) is 4.88 Å². The number of rotatable bonds is 5. The second-order valence-electron chi connectivity index (χ2n) is 7.52. The zero-order chi connectivity index (χ0) is 24.7. The number of aromatic nitrogens is 1. The molecule has 1 fully saturated rings. The Labute approximate surface area is 194 Å². The third kappa shape index (κ3) is 4.23. The van der Waals surface area contributed by atoms with E-state index in [0.717, 1.165) is 24.3 Å². The van der Waals surface area contributed by atoms with Crippen LogP contribution in [0.5, 0.6) is 0 Å². The Morgan fingerprint density at radius 2 is 1.85 bits per heavy atom. The molecular formula is C22H16F4N4O3S. The van der Waals surface area contributed by atoms with E-state index in [9.17, 15) is 31.9 Å². The Balaban J connectivity index is 1.65. The number of amides is 4. The zero-order valence-electron chi connectivity index (χ0n) is 17.4. The number of carbonyl (C=O) groups excluding carboxylic acids is 3. The van der Waals surface area contributed by atoms with E-state index >= 15 is 0 Å². The number of alkyl halides is 3. The van der Waals surface area contributed by atoms with Crippen LogP contribution in [0.4, 0.5) is 22.4 Å². The molecule has 4 amide bonds. The van der Waals surface area contributed by atoms with Crippen molar-refractivity contribution in [3.8, 4) is 11.1 Å². The fraction of sp³-hybridized carbons (Fsp3) is 0.182. The first-order chi connectivity index (χ1) is 16.0. The summed E-state index contributed by atoms with van der Waals surface area (Å²) in [5.41, 5.74) is -0.507. The highest BCUT2D eigenvalue weighted by Gasteiger charge is 2.50. The molecule has 7 nitrogen and oxygen atoms in total. The molecule has 2 heterocycles. The number of nitrogens with one attached hydrogen (secondary N) is 3. The summed E-state index contributed by atoms with van der Waals surface area (Å²) in [6.45, 7) is 1.31. The lowest BCUT2D eigenvalue weighted by Crippen LogP contribution is -2.53. The number of thiazole rings is 1. The molecule has 176 valence electrons. The van der Waals surface area contributed by atoms with E-state index in [1.54, 1.807) is 6.92 Å². The van der Waals surface area contributed by atoms with Gasteiger partial charge in [0.15, 0.2) is 5.54 Å². The molecule has 1 aromatic heterocycles. The molecule has 1 aliphatic rings. The van der Waals surface area contributed by atoms with Gasteiger partial charge in [-0.2, -0.15) is 13.2 Å². The highest BCUT2D eigenvalue weighted by atomic mass is 32.1. The number of halogens is 4.